The van der Waals surface area contributed by atoms with E-state index in [4.69, 9.17) is 14.2 Å². The van der Waals surface area contributed by atoms with Crippen molar-refractivity contribution in [2.75, 3.05) is 31.0 Å². The number of ether oxygens (including phenoxy) is 3. The fourth-order valence-electron chi connectivity index (χ4n) is 5.71. The van der Waals surface area contributed by atoms with Crippen LogP contribution in [0.4, 0.5) is 15.8 Å². The highest BCUT2D eigenvalue weighted by atomic mass is 19.1. The highest BCUT2D eigenvalue weighted by Crippen LogP contribution is 2.29. The maximum absolute atomic E-state index is 13.7. The number of aromatic nitrogens is 4. The van der Waals surface area contributed by atoms with E-state index in [9.17, 15) is 33.2 Å². The summed E-state index contributed by atoms with van der Waals surface area (Å²) in [7, 11) is 1.46. The third-order valence-corrected chi connectivity index (χ3v) is 8.29. The van der Waals surface area contributed by atoms with Gasteiger partial charge in [0.25, 0.3) is 34.7 Å². The Bertz CT molecular complexity index is 2660. The van der Waals surface area contributed by atoms with Crippen LogP contribution in [0.5, 0.6) is 17.2 Å². The zero-order valence-electron chi connectivity index (χ0n) is 28.7. The highest BCUT2D eigenvalue weighted by Gasteiger charge is 2.19. The van der Waals surface area contributed by atoms with Gasteiger partial charge in [-0.3, -0.25) is 28.8 Å². The monoisotopic (exact) mass is 748 g/mol. The van der Waals surface area contributed by atoms with Crippen LogP contribution >= 0.6 is 0 Å². The molecule has 2 aromatic heterocycles. The lowest BCUT2D eigenvalue weighted by atomic mass is 10.1. The predicted molar refractivity (Wildman–Crippen MR) is 195 cm³/mol. The van der Waals surface area contributed by atoms with E-state index in [1.54, 1.807) is 54.6 Å². The first-order chi connectivity index (χ1) is 26.6. The number of hydrogen-bond donors (Lipinski definition) is 6. The van der Waals surface area contributed by atoms with Crippen LogP contribution in [0.25, 0.3) is 21.8 Å². The molecule has 18 heteroatoms. The number of rotatable bonds is 7. The van der Waals surface area contributed by atoms with E-state index in [0.29, 0.717) is 39.7 Å². The molecule has 0 bridgehead atoms. The number of hydrogen-bond acceptors (Lipinski definition) is 11. The fraction of sp³-hybridized carbons (Fsp3) is 0.135. The molecule has 55 heavy (non-hydrogen) atoms. The van der Waals surface area contributed by atoms with E-state index < -0.39 is 28.8 Å². The Balaban J connectivity index is 0.000000169. The number of H-pyrrole nitrogens is 2. The second-order valence-corrected chi connectivity index (χ2v) is 12.0. The van der Waals surface area contributed by atoms with E-state index in [2.05, 4.69) is 41.2 Å². The molecule has 0 aliphatic carbocycles. The van der Waals surface area contributed by atoms with E-state index in [0.717, 1.165) is 11.6 Å². The van der Waals surface area contributed by atoms with Gasteiger partial charge in [-0.2, -0.15) is 0 Å². The number of methoxy groups -OCH3 is 1. The van der Waals surface area contributed by atoms with E-state index in [-0.39, 0.29) is 66.1 Å². The van der Waals surface area contributed by atoms with Crippen LogP contribution < -0.4 is 46.6 Å². The first-order valence-electron chi connectivity index (χ1n) is 16.5. The maximum Gasteiger partial charge on any atom is 0.287 e. The molecule has 0 saturated heterocycles. The average Bonchev–Trinajstić information content (AvgIpc) is 3.18. The second-order valence-electron chi connectivity index (χ2n) is 12.0. The number of benzene rings is 4. The van der Waals surface area contributed by atoms with Gasteiger partial charge in [-0.05, 0) is 59.7 Å². The molecular weight excluding hydrogens is 719 g/mol. The van der Waals surface area contributed by atoms with Gasteiger partial charge in [0, 0.05) is 13.1 Å². The van der Waals surface area contributed by atoms with Gasteiger partial charge in [0.05, 0.1) is 29.5 Å². The molecule has 4 amide bonds. The topological polar surface area (TPSA) is 236 Å². The van der Waals surface area contributed by atoms with Gasteiger partial charge >= 0.3 is 0 Å². The SMILES string of the molecule is COc1cccc2nc(C(=O)NCc3ccc4c(c3)NC(=O)CO4)[nH]c(=O)c12.O=C1COc2ccc(CNC(=O)c3nc4cccc(F)c4c(=O)[nH]3)cc2N1. The van der Waals surface area contributed by atoms with Crippen LogP contribution in [0.2, 0.25) is 0 Å². The van der Waals surface area contributed by atoms with Gasteiger partial charge in [-0.1, -0.05) is 24.3 Å². The minimum absolute atomic E-state index is 0.0190. The lowest BCUT2D eigenvalue weighted by molar-refractivity contribution is -0.119. The van der Waals surface area contributed by atoms with Crippen molar-refractivity contribution >= 4 is 56.8 Å². The Morgan fingerprint density at radius 1 is 0.709 bits per heavy atom. The molecule has 6 aromatic rings. The third-order valence-electron chi connectivity index (χ3n) is 8.29. The zero-order valence-corrected chi connectivity index (χ0v) is 28.7. The molecule has 0 atom stereocenters. The molecule has 6 N–H and O–H groups in total. The zero-order chi connectivity index (χ0) is 38.6. The molecule has 0 radical (unpaired) electrons. The number of nitrogens with one attached hydrogen (secondary N) is 6. The first-order valence-corrected chi connectivity index (χ1v) is 16.5. The van der Waals surface area contributed by atoms with Crippen molar-refractivity contribution in [2.24, 2.45) is 0 Å². The number of halogens is 1. The Morgan fingerprint density at radius 2 is 1.20 bits per heavy atom. The summed E-state index contributed by atoms with van der Waals surface area (Å²) in [5, 5.41) is 10.8. The van der Waals surface area contributed by atoms with Crippen LogP contribution in [0.3, 0.4) is 0 Å². The minimum atomic E-state index is -0.725. The minimum Gasteiger partial charge on any atom is -0.496 e. The van der Waals surface area contributed by atoms with Crippen molar-refractivity contribution in [1.82, 2.24) is 30.6 Å². The van der Waals surface area contributed by atoms with Crippen molar-refractivity contribution in [3.63, 3.8) is 0 Å². The summed E-state index contributed by atoms with van der Waals surface area (Å²) in [6.45, 7) is 0.258. The van der Waals surface area contributed by atoms with Crippen molar-refractivity contribution in [1.29, 1.82) is 0 Å². The van der Waals surface area contributed by atoms with Gasteiger partial charge in [-0.25, -0.2) is 14.4 Å². The normalized spacial score (nSPS) is 12.8. The smallest absolute Gasteiger partial charge is 0.287 e. The molecule has 278 valence electrons. The summed E-state index contributed by atoms with van der Waals surface area (Å²) < 4.78 is 29.4. The van der Waals surface area contributed by atoms with Crippen LogP contribution in [-0.4, -0.2) is 63.9 Å². The molecule has 0 saturated carbocycles. The van der Waals surface area contributed by atoms with E-state index >= 15 is 0 Å². The number of carbonyl (C=O) groups is 4. The molecule has 4 heterocycles. The largest absolute Gasteiger partial charge is 0.496 e. The van der Waals surface area contributed by atoms with Gasteiger partial charge < -0.3 is 45.4 Å². The van der Waals surface area contributed by atoms with Crippen molar-refractivity contribution in [3.05, 3.63) is 122 Å². The fourth-order valence-corrected chi connectivity index (χ4v) is 5.71. The summed E-state index contributed by atoms with van der Waals surface area (Å²) in [5.41, 5.74) is 1.81. The number of fused-ring (bicyclic) bond motifs is 4. The molecule has 2 aliphatic heterocycles. The summed E-state index contributed by atoms with van der Waals surface area (Å²) >= 11 is 0. The molecule has 4 aromatic carbocycles. The molecule has 0 unspecified atom stereocenters. The van der Waals surface area contributed by atoms with Gasteiger partial charge in [-0.15, -0.1) is 0 Å². The average molecular weight is 749 g/mol. The van der Waals surface area contributed by atoms with E-state index in [1.807, 2.05) is 0 Å². The van der Waals surface area contributed by atoms with E-state index in [1.165, 1.54) is 19.2 Å². The lowest BCUT2D eigenvalue weighted by Crippen LogP contribution is -2.28. The number of carbonyl (C=O) groups excluding carboxylic acids is 4. The second kappa shape index (κ2) is 15.2. The Hall–Kier alpha value is -7.63. The third kappa shape index (κ3) is 7.77. The Labute approximate surface area is 308 Å². The summed E-state index contributed by atoms with van der Waals surface area (Å²) in [5.74, 6) is -1.14. The summed E-state index contributed by atoms with van der Waals surface area (Å²) in [6.07, 6.45) is 0. The standard InChI is InChI=1S/C19H16N4O5.C18H13FN4O4/c1-27-14-4-2-3-11-16(14)18(25)23-17(22-11)19(26)20-8-10-5-6-13-12(7-10)21-15(24)9-28-13;19-10-2-1-3-11-15(10)17(25)23-16(22-11)18(26)20-7-9-4-5-13-12(6-9)21-14(24)8-27-13/h2-7H,8-9H2,1H3,(H,20,26)(H,21,24)(H,22,23,25);1-6H,7-8H2,(H,20,26)(H,21,24)(H,22,23,25). The summed E-state index contributed by atoms with van der Waals surface area (Å²) in [6, 6.07) is 19.3. The Morgan fingerprint density at radius 3 is 1.73 bits per heavy atom. The number of nitrogens with zero attached hydrogens (tertiary/aromatic N) is 2. The van der Waals surface area contributed by atoms with Gasteiger partial charge in [0.15, 0.2) is 24.9 Å². The van der Waals surface area contributed by atoms with Crippen LogP contribution in [0, 0.1) is 5.82 Å². The van der Waals surface area contributed by atoms with Crippen molar-refractivity contribution in [2.45, 2.75) is 13.1 Å². The molecule has 2 aliphatic rings. The highest BCUT2D eigenvalue weighted by molar-refractivity contribution is 5.97. The Kier molecular flexibility index (Phi) is 9.85. The number of anilines is 2. The maximum atomic E-state index is 13.7. The molecule has 8 rings (SSSR count). The van der Waals surface area contributed by atoms with Crippen LogP contribution in [0.1, 0.15) is 32.4 Å². The molecule has 0 fully saturated rings. The van der Waals surface area contributed by atoms with Gasteiger partial charge in [0.2, 0.25) is 0 Å². The van der Waals surface area contributed by atoms with Gasteiger partial charge in [0.1, 0.15) is 33.8 Å². The molecular formula is C37H29FN8O9. The summed E-state index contributed by atoms with van der Waals surface area (Å²) in [4.78, 5) is 84.9. The van der Waals surface area contributed by atoms with Crippen molar-refractivity contribution in [3.8, 4) is 17.2 Å². The molecule has 0 spiro atoms. The van der Waals surface area contributed by atoms with Crippen LogP contribution in [-0.2, 0) is 22.7 Å². The van der Waals surface area contributed by atoms with Crippen molar-refractivity contribution < 1.29 is 37.8 Å². The quantitative estimate of drug-likeness (QED) is 0.139. The number of aromatic amines is 2. The lowest BCUT2D eigenvalue weighted by Gasteiger charge is -2.18. The first kappa shape index (κ1) is 35.8. The van der Waals surface area contributed by atoms with Crippen LogP contribution in [0.15, 0.2) is 82.4 Å². The number of amides is 4. The molecule has 17 nitrogen and oxygen atoms in total. The predicted octanol–water partition coefficient (Wildman–Crippen LogP) is 2.52.